The number of anilines is 1. The smallest absolute Gasteiger partial charge is 0.126 e. The van der Waals surface area contributed by atoms with E-state index in [1.54, 1.807) is 18.4 Å². The lowest BCUT2D eigenvalue weighted by Crippen LogP contribution is -2.44. The topological polar surface area (TPSA) is 28.6 Å². The van der Waals surface area contributed by atoms with E-state index < -0.39 is 0 Å². The van der Waals surface area contributed by atoms with Crippen LogP contribution < -0.4 is 9.64 Å². The lowest BCUT2D eigenvalue weighted by molar-refractivity contribution is 0.313. The Labute approximate surface area is 181 Å². The third-order valence-electron chi connectivity index (χ3n) is 5.88. The van der Waals surface area contributed by atoms with Crippen LogP contribution in [0.4, 0.5) is 5.69 Å². The Morgan fingerprint density at radius 1 is 0.933 bits per heavy atom. The fraction of sp³-hybridized carbons (Fsp3) is 0.240. The monoisotopic (exact) mass is 415 g/mol. The summed E-state index contributed by atoms with van der Waals surface area (Å²) in [5.41, 5.74) is 5.60. The second-order valence-corrected chi connectivity index (χ2v) is 8.66. The summed E-state index contributed by atoms with van der Waals surface area (Å²) < 4.78 is 6.96. The first-order chi connectivity index (χ1) is 14.7. The summed E-state index contributed by atoms with van der Waals surface area (Å²) in [4.78, 5) is 9.63. The summed E-state index contributed by atoms with van der Waals surface area (Å²) in [6, 6.07) is 19.2. The maximum absolute atomic E-state index is 5.67. The molecule has 4 aromatic rings. The molecule has 1 aliphatic heterocycles. The number of benzene rings is 2. The number of ether oxygens (including phenoxy) is 1. The Kier molecular flexibility index (Phi) is 5.15. The largest absolute Gasteiger partial charge is 0.496 e. The fourth-order valence-electron chi connectivity index (χ4n) is 4.07. The van der Waals surface area contributed by atoms with Crippen LogP contribution in [0.15, 0.2) is 66.2 Å². The molecule has 30 heavy (non-hydrogen) atoms. The van der Waals surface area contributed by atoms with Crippen molar-refractivity contribution >= 4 is 27.1 Å². The molecule has 3 heterocycles. The third kappa shape index (κ3) is 3.55. The van der Waals surface area contributed by atoms with E-state index in [1.165, 1.54) is 21.3 Å². The van der Waals surface area contributed by atoms with Crippen LogP contribution in [0.2, 0.25) is 0 Å². The molecule has 5 rings (SSSR count). The van der Waals surface area contributed by atoms with E-state index in [0.717, 1.165) is 48.7 Å². The van der Waals surface area contributed by atoms with Gasteiger partial charge >= 0.3 is 0 Å². The molecule has 0 radical (unpaired) electrons. The van der Waals surface area contributed by atoms with Gasteiger partial charge in [0.1, 0.15) is 5.75 Å². The minimum atomic E-state index is 0.878. The number of aromatic nitrogens is 1. The van der Waals surface area contributed by atoms with Gasteiger partial charge in [-0.3, -0.25) is 4.98 Å². The van der Waals surface area contributed by atoms with Crippen molar-refractivity contribution in [1.82, 2.24) is 9.88 Å². The van der Waals surface area contributed by atoms with Gasteiger partial charge < -0.3 is 14.5 Å². The van der Waals surface area contributed by atoms with E-state index in [9.17, 15) is 0 Å². The number of rotatable bonds is 4. The first-order valence-electron chi connectivity index (χ1n) is 10.3. The molecule has 0 atom stereocenters. The van der Waals surface area contributed by atoms with E-state index >= 15 is 0 Å². The molecule has 0 unspecified atom stereocenters. The van der Waals surface area contributed by atoms with Crippen molar-refractivity contribution in [2.45, 2.75) is 0 Å². The average Bonchev–Trinajstić information content (AvgIpc) is 3.23. The van der Waals surface area contributed by atoms with Gasteiger partial charge in [0.05, 0.1) is 12.8 Å². The van der Waals surface area contributed by atoms with Crippen LogP contribution in [0.25, 0.3) is 32.5 Å². The summed E-state index contributed by atoms with van der Waals surface area (Å²) in [7, 11) is 3.91. The van der Waals surface area contributed by atoms with E-state index in [0.29, 0.717) is 0 Å². The maximum Gasteiger partial charge on any atom is 0.126 e. The summed E-state index contributed by atoms with van der Waals surface area (Å²) in [5.74, 6) is 0.878. The van der Waals surface area contributed by atoms with Gasteiger partial charge in [-0.25, -0.2) is 0 Å². The minimum Gasteiger partial charge on any atom is -0.496 e. The Hall–Kier alpha value is -2.89. The van der Waals surface area contributed by atoms with Crippen molar-refractivity contribution in [3.8, 4) is 28.1 Å². The van der Waals surface area contributed by atoms with Gasteiger partial charge in [0.25, 0.3) is 0 Å². The third-order valence-corrected chi connectivity index (χ3v) is 6.85. The number of fused-ring (bicyclic) bond motifs is 1. The Balaban J connectivity index is 1.48. The summed E-state index contributed by atoms with van der Waals surface area (Å²) >= 11 is 1.76. The van der Waals surface area contributed by atoms with Crippen LogP contribution in [0, 0.1) is 0 Å². The first kappa shape index (κ1) is 19.1. The molecule has 152 valence electrons. The highest BCUT2D eigenvalue weighted by Crippen LogP contribution is 2.36. The molecule has 5 heteroatoms. The Morgan fingerprint density at radius 3 is 2.53 bits per heavy atom. The quantitative estimate of drug-likeness (QED) is 0.447. The summed E-state index contributed by atoms with van der Waals surface area (Å²) in [6.07, 6.45) is 1.97. The van der Waals surface area contributed by atoms with E-state index in [2.05, 4.69) is 76.8 Å². The zero-order valence-electron chi connectivity index (χ0n) is 17.3. The molecule has 4 nitrogen and oxygen atoms in total. The lowest BCUT2D eigenvalue weighted by atomic mass is 10.0. The second-order valence-electron chi connectivity index (χ2n) is 7.75. The van der Waals surface area contributed by atoms with E-state index in [-0.39, 0.29) is 0 Å². The van der Waals surface area contributed by atoms with Crippen molar-refractivity contribution in [3.63, 3.8) is 0 Å². The number of likely N-dealkylation sites (N-methyl/N-ethyl adjacent to an activating group) is 1. The van der Waals surface area contributed by atoms with Gasteiger partial charge in [-0.1, -0.05) is 24.3 Å². The molecule has 0 saturated carbocycles. The average molecular weight is 416 g/mol. The molecule has 0 spiro atoms. The molecular weight excluding hydrogens is 390 g/mol. The van der Waals surface area contributed by atoms with Gasteiger partial charge in [0.15, 0.2) is 0 Å². The van der Waals surface area contributed by atoms with E-state index in [4.69, 9.17) is 9.72 Å². The second kappa shape index (κ2) is 8.09. The number of thiophene rings is 1. The highest BCUT2D eigenvalue weighted by atomic mass is 32.1. The predicted molar refractivity (Wildman–Crippen MR) is 127 cm³/mol. The number of nitrogens with zero attached hydrogens (tertiary/aromatic N) is 3. The normalized spacial score (nSPS) is 14.9. The summed E-state index contributed by atoms with van der Waals surface area (Å²) in [6.45, 7) is 4.27. The number of methoxy groups -OCH3 is 1. The molecule has 1 aliphatic rings. The van der Waals surface area contributed by atoms with Gasteiger partial charge in [0.2, 0.25) is 0 Å². The van der Waals surface area contributed by atoms with Crippen molar-refractivity contribution in [2.75, 3.05) is 45.2 Å². The Morgan fingerprint density at radius 2 is 1.77 bits per heavy atom. The lowest BCUT2D eigenvalue weighted by Gasteiger charge is -2.34. The standard InChI is InChI=1S/C25H25N3OS/c1-27-11-13-28(14-12-27)19-8-10-24(29-2)21(15-19)18-7-9-23(26-16-18)22-17-30-25-6-4-3-5-20(22)25/h3-10,15-17H,11-14H2,1-2H3. The van der Waals surface area contributed by atoms with E-state index in [1.807, 2.05) is 6.20 Å². The molecule has 2 aromatic carbocycles. The van der Waals surface area contributed by atoms with Crippen molar-refractivity contribution < 1.29 is 4.74 Å². The molecule has 1 saturated heterocycles. The highest BCUT2D eigenvalue weighted by Gasteiger charge is 2.17. The zero-order chi connectivity index (χ0) is 20.5. The van der Waals surface area contributed by atoms with Crippen molar-refractivity contribution in [3.05, 3.63) is 66.2 Å². The van der Waals surface area contributed by atoms with Gasteiger partial charge in [-0.15, -0.1) is 11.3 Å². The predicted octanol–water partition coefficient (Wildman–Crippen LogP) is 5.39. The first-order valence-corrected chi connectivity index (χ1v) is 11.2. The molecule has 1 fully saturated rings. The molecule has 2 aromatic heterocycles. The Bertz CT molecular complexity index is 1160. The molecule has 0 amide bonds. The molecule has 0 bridgehead atoms. The van der Waals surface area contributed by atoms with Crippen LogP contribution in [-0.4, -0.2) is 50.2 Å². The molecule has 0 N–H and O–H groups in total. The maximum atomic E-state index is 5.67. The van der Waals surface area contributed by atoms with Crippen molar-refractivity contribution in [2.24, 2.45) is 0 Å². The summed E-state index contributed by atoms with van der Waals surface area (Å²) in [5, 5.41) is 3.46. The fourth-order valence-corrected chi connectivity index (χ4v) is 5.03. The molecule has 0 aliphatic carbocycles. The van der Waals surface area contributed by atoms with Crippen LogP contribution >= 0.6 is 11.3 Å². The molecular formula is C25H25N3OS. The van der Waals surface area contributed by atoms with Gasteiger partial charge in [-0.05, 0) is 37.4 Å². The van der Waals surface area contributed by atoms with Crippen LogP contribution in [0.5, 0.6) is 5.75 Å². The zero-order valence-corrected chi connectivity index (χ0v) is 18.2. The van der Waals surface area contributed by atoms with Gasteiger partial charge in [0, 0.05) is 70.2 Å². The number of hydrogen-bond acceptors (Lipinski definition) is 5. The number of pyridine rings is 1. The van der Waals surface area contributed by atoms with Crippen LogP contribution in [-0.2, 0) is 0 Å². The van der Waals surface area contributed by atoms with Crippen LogP contribution in [0.1, 0.15) is 0 Å². The van der Waals surface area contributed by atoms with Crippen molar-refractivity contribution in [1.29, 1.82) is 0 Å². The van der Waals surface area contributed by atoms with Crippen LogP contribution in [0.3, 0.4) is 0 Å². The number of piperazine rings is 1. The highest BCUT2D eigenvalue weighted by molar-refractivity contribution is 7.17. The minimum absolute atomic E-state index is 0.878. The van der Waals surface area contributed by atoms with Gasteiger partial charge in [-0.2, -0.15) is 0 Å². The SMILES string of the molecule is COc1ccc(N2CCN(C)CC2)cc1-c1ccc(-c2csc3ccccc23)nc1. The number of hydrogen-bond donors (Lipinski definition) is 0.